The lowest BCUT2D eigenvalue weighted by atomic mass is 10.2. The second-order valence-corrected chi connectivity index (χ2v) is 10.7. The first-order valence-corrected chi connectivity index (χ1v) is 13.7. The van der Waals surface area contributed by atoms with Crippen molar-refractivity contribution in [3.05, 3.63) is 75.4 Å². The molecule has 40 heavy (non-hydrogen) atoms. The molecular weight excluding hydrogens is 551 g/mol. The second-order valence-electron chi connectivity index (χ2n) is 9.87. The van der Waals surface area contributed by atoms with E-state index in [1.54, 1.807) is 42.1 Å². The average molecular weight is 579 g/mol. The van der Waals surface area contributed by atoms with Crippen LogP contribution >= 0.6 is 23.2 Å². The summed E-state index contributed by atoms with van der Waals surface area (Å²) in [6, 6.07) is 11.6. The molecule has 0 amide bonds. The van der Waals surface area contributed by atoms with Crippen molar-refractivity contribution in [2.75, 3.05) is 43.5 Å². The molecule has 4 heterocycles. The Kier molecular flexibility index (Phi) is 6.99. The number of piperazine rings is 1. The van der Waals surface area contributed by atoms with Crippen LogP contribution in [0.5, 0.6) is 5.75 Å². The largest absolute Gasteiger partial charge is 0.495 e. The van der Waals surface area contributed by atoms with Crippen LogP contribution in [-0.2, 0) is 0 Å². The standard InChI is InChI=1S/C28H28Cl2N8O2/c1-17(2)35-11-13-36(14-12-35)22-8-7-18(15-23(22)40-3)33-27-32-16-19-25(34-27)37-10-9-31-28(37)38(26(19)39)24-20(29)5-4-6-21(24)30/h4-10,15-17H,11-14H2,1-3H3,(H,32,33,34). The van der Waals surface area contributed by atoms with Gasteiger partial charge in [0.15, 0.2) is 5.65 Å². The van der Waals surface area contributed by atoms with E-state index < -0.39 is 0 Å². The van der Waals surface area contributed by atoms with E-state index in [0.717, 1.165) is 43.3 Å². The van der Waals surface area contributed by atoms with E-state index in [4.69, 9.17) is 27.9 Å². The number of para-hydroxylation sites is 1. The number of methoxy groups -OCH3 is 1. The van der Waals surface area contributed by atoms with Gasteiger partial charge in [0, 0.05) is 62.6 Å². The molecule has 3 aromatic heterocycles. The van der Waals surface area contributed by atoms with Crippen LogP contribution in [0.2, 0.25) is 10.0 Å². The number of imidazole rings is 1. The third kappa shape index (κ3) is 4.61. The van der Waals surface area contributed by atoms with Crippen LogP contribution in [0.4, 0.5) is 17.3 Å². The first-order chi connectivity index (χ1) is 19.4. The summed E-state index contributed by atoms with van der Waals surface area (Å²) in [6.07, 6.45) is 4.81. The fraction of sp³-hybridized carbons (Fsp3) is 0.286. The quantitative estimate of drug-likeness (QED) is 0.300. The zero-order valence-electron chi connectivity index (χ0n) is 22.3. The van der Waals surface area contributed by atoms with E-state index in [1.807, 2.05) is 18.2 Å². The number of hydrogen-bond donors (Lipinski definition) is 1. The van der Waals surface area contributed by atoms with Crippen molar-refractivity contribution in [3.63, 3.8) is 0 Å². The average Bonchev–Trinajstić information content (AvgIpc) is 3.44. The summed E-state index contributed by atoms with van der Waals surface area (Å²) in [5.41, 5.74) is 2.20. The van der Waals surface area contributed by atoms with Crippen molar-refractivity contribution in [1.29, 1.82) is 0 Å². The van der Waals surface area contributed by atoms with E-state index in [-0.39, 0.29) is 5.56 Å². The number of anilines is 3. The summed E-state index contributed by atoms with van der Waals surface area (Å²) in [6.45, 7) is 8.36. The zero-order chi connectivity index (χ0) is 28.0. The van der Waals surface area contributed by atoms with Gasteiger partial charge < -0.3 is 15.0 Å². The Hall–Kier alpha value is -3.86. The summed E-state index contributed by atoms with van der Waals surface area (Å²) >= 11 is 12.9. The van der Waals surface area contributed by atoms with Gasteiger partial charge in [-0.2, -0.15) is 4.98 Å². The highest BCUT2D eigenvalue weighted by Gasteiger charge is 2.22. The molecule has 1 aliphatic heterocycles. The third-order valence-corrected chi connectivity index (χ3v) is 7.84. The molecule has 2 aromatic carbocycles. The van der Waals surface area contributed by atoms with Gasteiger partial charge in [-0.3, -0.25) is 14.1 Å². The van der Waals surface area contributed by atoms with Gasteiger partial charge in [0.1, 0.15) is 11.1 Å². The Balaban J connectivity index is 1.34. The molecule has 12 heteroatoms. The molecule has 1 fully saturated rings. The van der Waals surface area contributed by atoms with Gasteiger partial charge in [0.25, 0.3) is 5.56 Å². The molecule has 10 nitrogen and oxygen atoms in total. The molecule has 0 radical (unpaired) electrons. The van der Waals surface area contributed by atoms with Gasteiger partial charge in [0.05, 0.1) is 28.5 Å². The molecule has 1 aliphatic rings. The molecule has 1 N–H and O–H groups in total. The Bertz CT molecular complexity index is 1760. The van der Waals surface area contributed by atoms with Gasteiger partial charge >= 0.3 is 0 Å². The first kappa shape index (κ1) is 26.4. The monoisotopic (exact) mass is 578 g/mol. The number of halogens is 2. The van der Waals surface area contributed by atoms with Crippen LogP contribution in [0.3, 0.4) is 0 Å². The van der Waals surface area contributed by atoms with Gasteiger partial charge in [-0.15, -0.1) is 0 Å². The van der Waals surface area contributed by atoms with Crippen molar-refractivity contribution in [2.45, 2.75) is 19.9 Å². The lowest BCUT2D eigenvalue weighted by molar-refractivity contribution is 0.209. The lowest BCUT2D eigenvalue weighted by Gasteiger charge is -2.38. The van der Waals surface area contributed by atoms with Crippen molar-refractivity contribution in [3.8, 4) is 11.4 Å². The van der Waals surface area contributed by atoms with Crippen LogP contribution < -0.4 is 20.5 Å². The Morgan fingerprint density at radius 3 is 2.48 bits per heavy atom. The maximum absolute atomic E-state index is 13.6. The molecular formula is C28H28Cl2N8O2. The smallest absolute Gasteiger partial charge is 0.270 e. The van der Waals surface area contributed by atoms with Gasteiger partial charge in [-0.1, -0.05) is 29.3 Å². The van der Waals surface area contributed by atoms with Gasteiger partial charge in [0.2, 0.25) is 11.7 Å². The van der Waals surface area contributed by atoms with E-state index in [0.29, 0.717) is 44.5 Å². The predicted octanol–water partition coefficient (Wildman–Crippen LogP) is 5.02. The molecule has 0 aliphatic carbocycles. The first-order valence-electron chi connectivity index (χ1n) is 13.0. The number of nitrogens with zero attached hydrogens (tertiary/aromatic N) is 7. The minimum atomic E-state index is -0.376. The molecule has 0 atom stereocenters. The van der Waals surface area contributed by atoms with Crippen molar-refractivity contribution in [1.82, 2.24) is 28.8 Å². The summed E-state index contributed by atoms with van der Waals surface area (Å²) < 4.78 is 8.84. The molecule has 5 aromatic rings. The van der Waals surface area contributed by atoms with Gasteiger partial charge in [-0.05, 0) is 38.1 Å². The zero-order valence-corrected chi connectivity index (χ0v) is 23.8. The number of nitrogens with one attached hydrogen (secondary N) is 1. The minimum absolute atomic E-state index is 0.292. The highest BCUT2D eigenvalue weighted by molar-refractivity contribution is 6.37. The second kappa shape index (κ2) is 10.6. The van der Waals surface area contributed by atoms with Crippen LogP contribution in [-0.4, -0.2) is 68.2 Å². The molecule has 6 rings (SSSR count). The Morgan fingerprint density at radius 2 is 1.77 bits per heavy atom. The summed E-state index contributed by atoms with van der Waals surface area (Å²) in [4.78, 5) is 31.9. The van der Waals surface area contributed by atoms with E-state index in [1.165, 1.54) is 10.8 Å². The normalized spacial score (nSPS) is 14.4. The number of rotatable bonds is 6. The maximum Gasteiger partial charge on any atom is 0.270 e. The van der Waals surface area contributed by atoms with Crippen LogP contribution in [0.25, 0.3) is 22.5 Å². The molecule has 0 bridgehead atoms. The van der Waals surface area contributed by atoms with Crippen molar-refractivity contribution < 1.29 is 4.74 Å². The lowest BCUT2D eigenvalue weighted by Crippen LogP contribution is -2.49. The molecule has 0 unspecified atom stereocenters. The number of benzene rings is 2. The fourth-order valence-corrected chi connectivity index (χ4v) is 5.70. The highest BCUT2D eigenvalue weighted by atomic mass is 35.5. The molecule has 1 saturated heterocycles. The minimum Gasteiger partial charge on any atom is -0.495 e. The highest BCUT2D eigenvalue weighted by Crippen LogP contribution is 2.33. The molecule has 206 valence electrons. The number of hydrogen-bond acceptors (Lipinski definition) is 8. The SMILES string of the molecule is COc1cc(Nc2ncc3c(=O)n(-c4c(Cl)cccc4Cl)c4nccn4c3n2)ccc1N1CCN(C(C)C)CC1. The predicted molar refractivity (Wildman–Crippen MR) is 159 cm³/mol. The van der Waals surface area contributed by atoms with E-state index >= 15 is 0 Å². The van der Waals surface area contributed by atoms with Gasteiger partial charge in [-0.25, -0.2) is 14.5 Å². The van der Waals surface area contributed by atoms with Crippen LogP contribution in [0.1, 0.15) is 13.8 Å². The van der Waals surface area contributed by atoms with Crippen LogP contribution in [0, 0.1) is 0 Å². The topological polar surface area (TPSA) is 92.8 Å². The maximum atomic E-state index is 13.6. The molecule has 0 spiro atoms. The number of fused-ring (bicyclic) bond motifs is 3. The Labute approximate surface area is 240 Å². The third-order valence-electron chi connectivity index (χ3n) is 7.23. The Morgan fingerprint density at radius 1 is 1.02 bits per heavy atom. The summed E-state index contributed by atoms with van der Waals surface area (Å²) in [7, 11) is 1.67. The molecule has 0 saturated carbocycles. The van der Waals surface area contributed by atoms with E-state index in [9.17, 15) is 4.79 Å². The van der Waals surface area contributed by atoms with Crippen molar-refractivity contribution >= 4 is 57.3 Å². The van der Waals surface area contributed by atoms with E-state index in [2.05, 4.69) is 43.9 Å². The van der Waals surface area contributed by atoms with Crippen LogP contribution in [0.15, 0.2) is 59.8 Å². The van der Waals surface area contributed by atoms with Crippen molar-refractivity contribution in [2.24, 2.45) is 0 Å². The fourth-order valence-electron chi connectivity index (χ4n) is 5.13. The summed E-state index contributed by atoms with van der Waals surface area (Å²) in [5, 5.41) is 4.20. The summed E-state index contributed by atoms with van der Waals surface area (Å²) in [5.74, 6) is 1.43. The number of ether oxygens (including phenoxy) is 1. The number of aromatic nitrogens is 5.